The Kier molecular flexibility index (Phi) is 6.88. The minimum Gasteiger partial charge on any atom is -0.356 e. The second kappa shape index (κ2) is 9.35. The zero-order chi connectivity index (χ0) is 19.2. The Hall–Kier alpha value is -1.89. The molecule has 2 fully saturated rings. The number of hydrogen-bond donors (Lipinski definition) is 2. The van der Waals surface area contributed by atoms with Gasteiger partial charge in [0.2, 0.25) is 5.91 Å². The number of nitrogens with zero attached hydrogens (tertiary/aromatic N) is 3. The molecule has 0 aromatic carbocycles. The summed E-state index contributed by atoms with van der Waals surface area (Å²) in [6.45, 7) is 7.32. The van der Waals surface area contributed by atoms with Gasteiger partial charge in [0, 0.05) is 31.9 Å². The minimum atomic E-state index is -0.119. The van der Waals surface area contributed by atoms with E-state index in [-0.39, 0.29) is 23.8 Å². The summed E-state index contributed by atoms with van der Waals surface area (Å²) >= 11 is 0. The molecule has 3 heterocycles. The van der Waals surface area contributed by atoms with Gasteiger partial charge in [-0.1, -0.05) is 13.3 Å². The molecular formula is C20H33N5O2. The third kappa shape index (κ3) is 4.89. The van der Waals surface area contributed by atoms with Crippen LogP contribution in [0, 0.1) is 5.92 Å². The van der Waals surface area contributed by atoms with Crippen LogP contribution in [-0.4, -0.2) is 58.7 Å². The molecule has 2 saturated heterocycles. The van der Waals surface area contributed by atoms with Crippen molar-refractivity contribution in [3.8, 4) is 0 Å². The summed E-state index contributed by atoms with van der Waals surface area (Å²) in [6.07, 6.45) is 7.87. The molecule has 3 unspecified atom stereocenters. The Morgan fingerprint density at radius 2 is 2.19 bits per heavy atom. The smallest absolute Gasteiger partial charge is 0.274 e. The van der Waals surface area contributed by atoms with E-state index in [0.29, 0.717) is 18.3 Å². The average Bonchev–Trinajstić information content (AvgIpc) is 3.19. The second-order valence-corrected chi connectivity index (χ2v) is 7.91. The SMILES string of the molecule is CCCCNC(=O)C1CCC(C)N(C(=O)c2ccn(C3CCCNC3)n2)C1. The number of piperidine rings is 2. The van der Waals surface area contributed by atoms with Gasteiger partial charge in [-0.2, -0.15) is 5.10 Å². The summed E-state index contributed by atoms with van der Waals surface area (Å²) in [7, 11) is 0. The minimum absolute atomic E-state index is 0.0592. The maximum atomic E-state index is 13.0. The van der Waals surface area contributed by atoms with Crippen LogP contribution in [0.3, 0.4) is 0 Å². The lowest BCUT2D eigenvalue weighted by Crippen LogP contribution is -2.49. The molecule has 1 aromatic rings. The van der Waals surface area contributed by atoms with Gasteiger partial charge in [-0.3, -0.25) is 14.3 Å². The molecule has 2 aliphatic rings. The van der Waals surface area contributed by atoms with Gasteiger partial charge in [0.15, 0.2) is 0 Å². The van der Waals surface area contributed by atoms with Gasteiger partial charge in [0.1, 0.15) is 5.69 Å². The number of unbranched alkanes of at least 4 members (excludes halogenated alkanes) is 1. The summed E-state index contributed by atoms with van der Waals surface area (Å²) in [5.41, 5.74) is 0.486. The first-order chi connectivity index (χ1) is 13.1. The number of aromatic nitrogens is 2. The van der Waals surface area contributed by atoms with Crippen LogP contribution in [0.5, 0.6) is 0 Å². The number of rotatable bonds is 6. The van der Waals surface area contributed by atoms with Gasteiger partial charge in [-0.05, 0) is 51.6 Å². The maximum Gasteiger partial charge on any atom is 0.274 e. The van der Waals surface area contributed by atoms with Crippen LogP contribution in [0.4, 0.5) is 0 Å². The summed E-state index contributed by atoms with van der Waals surface area (Å²) in [5.74, 6) is -0.102. The highest BCUT2D eigenvalue weighted by molar-refractivity contribution is 5.93. The fourth-order valence-electron chi connectivity index (χ4n) is 4.00. The van der Waals surface area contributed by atoms with Crippen molar-refractivity contribution in [2.45, 2.75) is 64.5 Å². The second-order valence-electron chi connectivity index (χ2n) is 7.91. The molecule has 27 heavy (non-hydrogen) atoms. The van der Waals surface area contributed by atoms with Crippen molar-refractivity contribution in [2.75, 3.05) is 26.2 Å². The van der Waals surface area contributed by atoms with Gasteiger partial charge < -0.3 is 15.5 Å². The Morgan fingerprint density at radius 3 is 2.93 bits per heavy atom. The number of carbonyl (C=O) groups excluding carboxylic acids is 2. The van der Waals surface area contributed by atoms with Crippen LogP contribution in [0.2, 0.25) is 0 Å². The van der Waals surface area contributed by atoms with E-state index < -0.39 is 0 Å². The highest BCUT2D eigenvalue weighted by Crippen LogP contribution is 2.24. The van der Waals surface area contributed by atoms with E-state index in [4.69, 9.17) is 0 Å². The third-order valence-corrected chi connectivity index (χ3v) is 5.82. The van der Waals surface area contributed by atoms with E-state index in [2.05, 4.69) is 29.6 Å². The molecule has 1 aromatic heterocycles. The van der Waals surface area contributed by atoms with Crippen molar-refractivity contribution in [3.05, 3.63) is 18.0 Å². The average molecular weight is 376 g/mol. The van der Waals surface area contributed by atoms with Crippen molar-refractivity contribution in [2.24, 2.45) is 5.92 Å². The lowest BCUT2D eigenvalue weighted by Gasteiger charge is -2.37. The Morgan fingerprint density at radius 1 is 1.33 bits per heavy atom. The van der Waals surface area contributed by atoms with Crippen molar-refractivity contribution < 1.29 is 9.59 Å². The molecule has 2 aliphatic heterocycles. The van der Waals surface area contributed by atoms with E-state index in [1.165, 1.54) is 0 Å². The Balaban J connectivity index is 1.62. The van der Waals surface area contributed by atoms with Crippen LogP contribution in [0.15, 0.2) is 12.3 Å². The van der Waals surface area contributed by atoms with Gasteiger partial charge in [0.25, 0.3) is 5.91 Å². The lowest BCUT2D eigenvalue weighted by atomic mass is 9.92. The standard InChI is InChI=1S/C20H33N5O2/c1-3-4-11-22-19(26)16-8-7-15(2)24(14-16)20(27)18-9-12-25(23-18)17-6-5-10-21-13-17/h9,12,15-17,21H,3-8,10-11,13-14H2,1-2H3,(H,22,26). The van der Waals surface area contributed by atoms with Crippen LogP contribution in [-0.2, 0) is 4.79 Å². The molecule has 3 atom stereocenters. The van der Waals surface area contributed by atoms with E-state index in [9.17, 15) is 9.59 Å². The van der Waals surface area contributed by atoms with E-state index in [0.717, 1.165) is 58.2 Å². The predicted molar refractivity (Wildman–Crippen MR) is 105 cm³/mol. The summed E-state index contributed by atoms with van der Waals surface area (Å²) in [5, 5.41) is 11.0. The lowest BCUT2D eigenvalue weighted by molar-refractivity contribution is -0.126. The van der Waals surface area contributed by atoms with E-state index in [1.54, 1.807) is 0 Å². The van der Waals surface area contributed by atoms with E-state index >= 15 is 0 Å². The quantitative estimate of drug-likeness (QED) is 0.745. The number of carbonyl (C=O) groups is 2. The van der Waals surface area contributed by atoms with Gasteiger partial charge >= 0.3 is 0 Å². The number of hydrogen-bond acceptors (Lipinski definition) is 4. The molecule has 2 amide bonds. The zero-order valence-corrected chi connectivity index (χ0v) is 16.6. The first-order valence-electron chi connectivity index (χ1n) is 10.4. The van der Waals surface area contributed by atoms with E-state index in [1.807, 2.05) is 21.8 Å². The molecule has 7 nitrogen and oxygen atoms in total. The third-order valence-electron chi connectivity index (χ3n) is 5.82. The van der Waals surface area contributed by atoms with Crippen molar-refractivity contribution in [1.82, 2.24) is 25.3 Å². The first kappa shape index (κ1) is 19.9. The molecule has 2 N–H and O–H groups in total. The van der Waals surface area contributed by atoms with Crippen molar-refractivity contribution >= 4 is 11.8 Å². The highest BCUT2D eigenvalue weighted by atomic mass is 16.2. The van der Waals surface area contributed by atoms with Gasteiger partial charge in [-0.25, -0.2) is 0 Å². The summed E-state index contributed by atoms with van der Waals surface area (Å²) < 4.78 is 1.92. The van der Waals surface area contributed by atoms with Gasteiger partial charge in [0.05, 0.1) is 12.0 Å². The fourth-order valence-corrected chi connectivity index (χ4v) is 4.00. The molecule has 0 saturated carbocycles. The molecule has 3 rings (SSSR count). The molecule has 0 bridgehead atoms. The molecule has 0 aliphatic carbocycles. The topological polar surface area (TPSA) is 79.3 Å². The van der Waals surface area contributed by atoms with Crippen LogP contribution < -0.4 is 10.6 Å². The maximum absolute atomic E-state index is 13.0. The van der Waals surface area contributed by atoms with Crippen molar-refractivity contribution in [3.63, 3.8) is 0 Å². The molecule has 7 heteroatoms. The molecule has 0 radical (unpaired) electrons. The normalized spacial score (nSPS) is 26.0. The molecule has 150 valence electrons. The van der Waals surface area contributed by atoms with Gasteiger partial charge in [-0.15, -0.1) is 0 Å². The monoisotopic (exact) mass is 375 g/mol. The largest absolute Gasteiger partial charge is 0.356 e. The van der Waals surface area contributed by atoms with Crippen LogP contribution in [0.1, 0.15) is 68.9 Å². The van der Waals surface area contributed by atoms with Crippen LogP contribution >= 0.6 is 0 Å². The summed E-state index contributed by atoms with van der Waals surface area (Å²) in [4.78, 5) is 27.3. The molecule has 0 spiro atoms. The van der Waals surface area contributed by atoms with Crippen LogP contribution in [0.25, 0.3) is 0 Å². The Labute approximate surface area is 161 Å². The summed E-state index contributed by atoms with van der Waals surface area (Å²) in [6, 6.07) is 2.27. The predicted octanol–water partition coefficient (Wildman–Crippen LogP) is 1.96. The first-order valence-corrected chi connectivity index (χ1v) is 10.4. The Bertz CT molecular complexity index is 638. The number of amides is 2. The highest BCUT2D eigenvalue weighted by Gasteiger charge is 2.34. The fraction of sp³-hybridized carbons (Fsp3) is 0.750. The number of likely N-dealkylation sites (tertiary alicyclic amines) is 1. The molecular weight excluding hydrogens is 342 g/mol. The zero-order valence-electron chi connectivity index (χ0n) is 16.6. The number of nitrogens with one attached hydrogen (secondary N) is 2. The van der Waals surface area contributed by atoms with Crippen molar-refractivity contribution in [1.29, 1.82) is 0 Å².